The van der Waals surface area contributed by atoms with Crippen LogP contribution < -0.4 is 4.87 Å². The Kier molecular flexibility index (Phi) is 7.63. The van der Waals surface area contributed by atoms with Crippen LogP contribution in [0.25, 0.3) is 11.5 Å². The third kappa shape index (κ3) is 5.99. The normalized spacial score (nSPS) is 18.9. The van der Waals surface area contributed by atoms with Gasteiger partial charge in [-0.15, -0.1) is 0 Å². The van der Waals surface area contributed by atoms with E-state index in [2.05, 4.69) is 56.9 Å². The molecule has 2 aromatic heterocycles. The topological polar surface area (TPSA) is 88.4 Å². The molecule has 2 N–H and O–H groups in total. The third-order valence-corrected chi connectivity index (χ3v) is 7.70. The molecule has 2 atom stereocenters. The zero-order valence-electron chi connectivity index (χ0n) is 20.6. The fourth-order valence-electron chi connectivity index (χ4n) is 4.72. The van der Waals surface area contributed by atoms with Crippen LogP contribution in [0.5, 0.6) is 5.88 Å². The Morgan fingerprint density at radius 2 is 2.00 bits per heavy atom. The van der Waals surface area contributed by atoms with E-state index in [1.807, 2.05) is 0 Å². The van der Waals surface area contributed by atoms with Gasteiger partial charge in [-0.05, 0) is 54.7 Å². The number of rotatable bonds is 8. The maximum atomic E-state index is 11.4. The number of aromatic nitrogens is 2. The summed E-state index contributed by atoms with van der Waals surface area (Å²) in [5.41, 5.74) is 3.28. The van der Waals surface area contributed by atoms with Crippen molar-refractivity contribution in [1.82, 2.24) is 9.97 Å². The molecule has 0 spiro atoms. The molecule has 2 heterocycles. The minimum atomic E-state index is -0.193. The first kappa shape index (κ1) is 24.7. The summed E-state index contributed by atoms with van der Waals surface area (Å²) in [6, 6.07) is 8.47. The Balaban J connectivity index is 1.35. The van der Waals surface area contributed by atoms with Crippen LogP contribution in [-0.2, 0) is 29.6 Å². The largest absolute Gasteiger partial charge is 0.494 e. The van der Waals surface area contributed by atoms with Crippen molar-refractivity contribution < 1.29 is 14.3 Å². The van der Waals surface area contributed by atoms with E-state index >= 15 is 0 Å². The molecule has 1 saturated carbocycles. The predicted octanol–water partition coefficient (Wildman–Crippen LogP) is 6.37. The second-order valence-corrected chi connectivity index (χ2v) is 11.4. The molecule has 0 amide bonds. The Bertz CT molecular complexity index is 1140. The van der Waals surface area contributed by atoms with Gasteiger partial charge in [0.25, 0.3) is 0 Å². The number of nitrogens with zero attached hydrogens (tertiary/aromatic N) is 1. The van der Waals surface area contributed by atoms with Crippen LogP contribution in [0.2, 0.25) is 0 Å². The number of aromatic hydroxyl groups is 1. The number of thiazole rings is 1. The van der Waals surface area contributed by atoms with Crippen molar-refractivity contribution in [2.45, 2.75) is 90.8 Å². The summed E-state index contributed by atoms with van der Waals surface area (Å²) < 4.78 is 12.4. The van der Waals surface area contributed by atoms with Gasteiger partial charge in [-0.2, -0.15) is 0 Å². The fourth-order valence-corrected chi connectivity index (χ4v) is 5.46. The molecule has 1 fully saturated rings. The van der Waals surface area contributed by atoms with Crippen molar-refractivity contribution in [1.29, 1.82) is 0 Å². The monoisotopic (exact) mass is 484 g/mol. The number of H-pyrrole nitrogens is 1. The van der Waals surface area contributed by atoms with E-state index in [0.29, 0.717) is 18.4 Å². The van der Waals surface area contributed by atoms with Gasteiger partial charge >= 0.3 is 4.87 Å². The number of benzene rings is 1. The summed E-state index contributed by atoms with van der Waals surface area (Å²) in [5.74, 6) is 2.11. The summed E-state index contributed by atoms with van der Waals surface area (Å²) in [7, 11) is 0. The summed E-state index contributed by atoms with van der Waals surface area (Å²) in [5, 5.41) is 9.82. The van der Waals surface area contributed by atoms with E-state index in [1.165, 1.54) is 12.0 Å². The molecule has 1 aliphatic carbocycles. The highest BCUT2D eigenvalue weighted by molar-refractivity contribution is 7.09. The molecule has 34 heavy (non-hydrogen) atoms. The molecule has 1 aromatic carbocycles. The lowest BCUT2D eigenvalue weighted by Crippen LogP contribution is -2.23. The Morgan fingerprint density at radius 3 is 2.65 bits per heavy atom. The highest BCUT2D eigenvalue weighted by Gasteiger charge is 2.24. The van der Waals surface area contributed by atoms with Gasteiger partial charge < -0.3 is 14.3 Å². The standard InChI is InChI=1S/C27H36N2O4S/c1-5-22-21(28-25(33-22)18-10-12-19(13-11-18)27(2,3)4)16-32-20-8-6-7-17(15-20)9-14-23-24(30)29-26(31)34-23/h10-13,17,20,30H,5-9,14-16H2,1-4H3,(H,29,31)/t17-,20-/m0/s1. The Hall–Kier alpha value is -2.38. The Morgan fingerprint density at radius 1 is 1.24 bits per heavy atom. The number of nitrogens with one attached hydrogen (secondary N) is 1. The first-order valence-electron chi connectivity index (χ1n) is 12.3. The predicted molar refractivity (Wildman–Crippen MR) is 135 cm³/mol. The number of oxazole rings is 1. The lowest BCUT2D eigenvalue weighted by atomic mass is 9.84. The minimum absolute atomic E-state index is 0.0283. The van der Waals surface area contributed by atoms with Crippen molar-refractivity contribution >= 4 is 11.3 Å². The molecular formula is C27H36N2O4S. The molecule has 3 aromatic rings. The van der Waals surface area contributed by atoms with E-state index in [1.54, 1.807) is 0 Å². The van der Waals surface area contributed by atoms with E-state index < -0.39 is 0 Å². The van der Waals surface area contributed by atoms with Crippen LogP contribution in [0.4, 0.5) is 0 Å². The number of hydrogen-bond donors (Lipinski definition) is 2. The van der Waals surface area contributed by atoms with Crippen molar-refractivity contribution in [2.24, 2.45) is 5.92 Å². The van der Waals surface area contributed by atoms with Crippen molar-refractivity contribution in [3.63, 3.8) is 0 Å². The van der Waals surface area contributed by atoms with Crippen molar-refractivity contribution in [3.05, 3.63) is 55.8 Å². The number of ether oxygens (including phenoxy) is 1. The van der Waals surface area contributed by atoms with Crippen molar-refractivity contribution in [3.8, 4) is 17.3 Å². The maximum absolute atomic E-state index is 11.4. The second kappa shape index (κ2) is 10.5. The summed E-state index contributed by atoms with van der Waals surface area (Å²) in [6.45, 7) is 9.17. The van der Waals surface area contributed by atoms with Gasteiger partial charge in [-0.25, -0.2) is 4.98 Å². The summed E-state index contributed by atoms with van der Waals surface area (Å²) in [4.78, 5) is 19.2. The van der Waals surface area contributed by atoms with Crippen LogP contribution in [0, 0.1) is 5.92 Å². The van der Waals surface area contributed by atoms with E-state index in [9.17, 15) is 9.90 Å². The van der Waals surface area contributed by atoms with Crippen molar-refractivity contribution in [2.75, 3.05) is 0 Å². The maximum Gasteiger partial charge on any atom is 0.307 e. The molecule has 0 radical (unpaired) electrons. The smallest absolute Gasteiger partial charge is 0.307 e. The highest BCUT2D eigenvalue weighted by atomic mass is 32.1. The average molecular weight is 485 g/mol. The molecular weight excluding hydrogens is 448 g/mol. The second-order valence-electron chi connectivity index (χ2n) is 10.4. The lowest BCUT2D eigenvalue weighted by Gasteiger charge is -2.29. The zero-order chi connectivity index (χ0) is 24.3. The van der Waals surface area contributed by atoms with Gasteiger partial charge in [0, 0.05) is 12.0 Å². The molecule has 4 rings (SSSR count). The molecule has 0 saturated heterocycles. The molecule has 7 heteroatoms. The van der Waals surface area contributed by atoms with Gasteiger partial charge in [0.2, 0.25) is 11.8 Å². The molecule has 184 valence electrons. The SMILES string of the molecule is CCc1oc(-c2ccc(C(C)(C)C)cc2)nc1CO[C@H]1CCC[C@@H](CCc2sc(=O)[nH]c2O)C1. The molecule has 0 aliphatic heterocycles. The zero-order valence-corrected chi connectivity index (χ0v) is 21.5. The number of hydrogen-bond acceptors (Lipinski definition) is 6. The molecule has 0 bridgehead atoms. The minimum Gasteiger partial charge on any atom is -0.494 e. The molecule has 6 nitrogen and oxygen atoms in total. The fraction of sp³-hybridized carbons (Fsp3) is 0.556. The summed E-state index contributed by atoms with van der Waals surface area (Å²) >= 11 is 1.11. The average Bonchev–Trinajstić information content (AvgIpc) is 3.37. The van der Waals surface area contributed by atoms with Crippen LogP contribution in [0.3, 0.4) is 0 Å². The first-order valence-corrected chi connectivity index (χ1v) is 13.2. The van der Waals surface area contributed by atoms with Gasteiger partial charge in [0.05, 0.1) is 17.6 Å². The van der Waals surface area contributed by atoms with Crippen LogP contribution in [0.15, 0.2) is 33.5 Å². The highest BCUT2D eigenvalue weighted by Crippen LogP contribution is 2.32. The molecule has 0 unspecified atom stereocenters. The van der Waals surface area contributed by atoms with E-state index in [0.717, 1.165) is 71.8 Å². The van der Waals surface area contributed by atoms with Gasteiger partial charge in [0.15, 0.2) is 0 Å². The first-order chi connectivity index (χ1) is 16.2. The van der Waals surface area contributed by atoms with Gasteiger partial charge in [0.1, 0.15) is 11.5 Å². The number of aromatic amines is 1. The van der Waals surface area contributed by atoms with E-state index in [4.69, 9.17) is 14.1 Å². The lowest BCUT2D eigenvalue weighted by molar-refractivity contribution is -0.000589. The van der Waals surface area contributed by atoms with Crippen LogP contribution >= 0.6 is 11.3 Å². The van der Waals surface area contributed by atoms with Crippen LogP contribution in [-0.4, -0.2) is 21.2 Å². The third-order valence-electron chi connectivity index (χ3n) is 6.77. The van der Waals surface area contributed by atoms with Gasteiger partial charge in [-0.3, -0.25) is 9.78 Å². The number of aryl methyl sites for hydroxylation is 2. The van der Waals surface area contributed by atoms with Crippen LogP contribution in [0.1, 0.15) is 81.7 Å². The summed E-state index contributed by atoms with van der Waals surface area (Å²) in [6.07, 6.45) is 7.03. The Labute approximate surface area is 205 Å². The molecule has 1 aliphatic rings. The van der Waals surface area contributed by atoms with E-state index in [-0.39, 0.29) is 22.3 Å². The van der Waals surface area contributed by atoms with Gasteiger partial charge in [-0.1, -0.05) is 64.0 Å². The quantitative estimate of drug-likeness (QED) is 0.388.